The quantitative estimate of drug-likeness (QED) is 0.894. The van der Waals surface area contributed by atoms with Gasteiger partial charge in [0.2, 0.25) is 0 Å². The van der Waals surface area contributed by atoms with E-state index < -0.39 is 0 Å². The molecule has 1 N–H and O–H groups in total. The molecule has 4 heteroatoms. The zero-order valence-corrected chi connectivity index (χ0v) is 11.3. The maximum atomic E-state index is 4.41. The van der Waals surface area contributed by atoms with E-state index in [1.807, 2.05) is 13.1 Å². The molecule has 3 rings (SSSR count). The van der Waals surface area contributed by atoms with E-state index in [-0.39, 0.29) is 0 Å². The van der Waals surface area contributed by atoms with Gasteiger partial charge >= 0.3 is 0 Å². The van der Waals surface area contributed by atoms with Crippen LogP contribution in [0.15, 0.2) is 36.7 Å². The van der Waals surface area contributed by atoms with Crippen LogP contribution in [0.3, 0.4) is 0 Å². The maximum absolute atomic E-state index is 4.41. The van der Waals surface area contributed by atoms with Crippen molar-refractivity contribution in [1.82, 2.24) is 9.97 Å². The van der Waals surface area contributed by atoms with Gasteiger partial charge in [0.25, 0.3) is 0 Å². The maximum Gasteiger partial charge on any atom is 0.134 e. The van der Waals surface area contributed by atoms with Crippen molar-refractivity contribution in [3.8, 4) is 0 Å². The number of fused-ring (bicyclic) bond motifs is 1. The number of hydrogen-bond acceptors (Lipinski definition) is 4. The molecule has 1 aliphatic rings. The fraction of sp³-hybridized carbons (Fsp3) is 0.333. The molecule has 1 atom stereocenters. The Morgan fingerprint density at radius 3 is 2.79 bits per heavy atom. The van der Waals surface area contributed by atoms with Crippen molar-refractivity contribution in [2.75, 3.05) is 17.3 Å². The highest BCUT2D eigenvalue weighted by atomic mass is 15.2. The highest BCUT2D eigenvalue weighted by molar-refractivity contribution is 5.51. The van der Waals surface area contributed by atoms with E-state index in [2.05, 4.69) is 51.4 Å². The lowest BCUT2D eigenvalue weighted by Crippen LogP contribution is -2.38. The molecule has 19 heavy (non-hydrogen) atoms. The van der Waals surface area contributed by atoms with Crippen LogP contribution in [0.5, 0.6) is 0 Å². The molecule has 0 spiro atoms. The van der Waals surface area contributed by atoms with Crippen LogP contribution in [0, 0.1) is 0 Å². The van der Waals surface area contributed by atoms with Gasteiger partial charge < -0.3 is 10.2 Å². The van der Waals surface area contributed by atoms with Crippen LogP contribution < -0.4 is 10.2 Å². The number of benzene rings is 1. The van der Waals surface area contributed by atoms with Gasteiger partial charge in [0, 0.05) is 25.7 Å². The van der Waals surface area contributed by atoms with Gasteiger partial charge in [-0.2, -0.15) is 0 Å². The highest BCUT2D eigenvalue weighted by Crippen LogP contribution is 2.27. The molecule has 0 bridgehead atoms. The number of aromatic nitrogens is 2. The van der Waals surface area contributed by atoms with E-state index in [4.69, 9.17) is 0 Å². The second kappa shape index (κ2) is 4.88. The van der Waals surface area contributed by atoms with Crippen LogP contribution in [-0.4, -0.2) is 23.1 Å². The van der Waals surface area contributed by atoms with Crippen molar-refractivity contribution < 1.29 is 0 Å². The third kappa shape index (κ3) is 2.26. The third-order valence-electron chi connectivity index (χ3n) is 3.71. The van der Waals surface area contributed by atoms with Gasteiger partial charge in [0.15, 0.2) is 0 Å². The van der Waals surface area contributed by atoms with Crippen LogP contribution in [-0.2, 0) is 13.0 Å². The monoisotopic (exact) mass is 254 g/mol. The molecule has 1 aromatic heterocycles. The van der Waals surface area contributed by atoms with E-state index in [9.17, 15) is 0 Å². The van der Waals surface area contributed by atoms with Crippen LogP contribution in [0.1, 0.15) is 18.1 Å². The first-order valence-corrected chi connectivity index (χ1v) is 6.61. The summed E-state index contributed by atoms with van der Waals surface area (Å²) in [6, 6.07) is 11.1. The summed E-state index contributed by atoms with van der Waals surface area (Å²) >= 11 is 0. The summed E-state index contributed by atoms with van der Waals surface area (Å²) in [4.78, 5) is 10.9. The molecule has 2 aromatic rings. The molecule has 0 unspecified atom stereocenters. The molecular weight excluding hydrogens is 236 g/mol. The van der Waals surface area contributed by atoms with Crippen molar-refractivity contribution in [3.63, 3.8) is 0 Å². The minimum atomic E-state index is 0.453. The predicted molar refractivity (Wildman–Crippen MR) is 77.4 cm³/mol. The molecule has 4 nitrogen and oxygen atoms in total. The summed E-state index contributed by atoms with van der Waals surface area (Å²) in [6.45, 7) is 3.16. The zero-order valence-electron chi connectivity index (χ0n) is 11.3. The van der Waals surface area contributed by atoms with E-state index in [1.54, 1.807) is 6.33 Å². The Morgan fingerprint density at radius 2 is 2.00 bits per heavy atom. The lowest BCUT2D eigenvalue weighted by Gasteiger charge is -2.35. The summed E-state index contributed by atoms with van der Waals surface area (Å²) < 4.78 is 0. The number of nitrogens with zero attached hydrogens (tertiary/aromatic N) is 3. The SMILES string of the molecule is CNc1cc(N2Cc3ccccc3C[C@H]2C)ncn1. The Bertz CT molecular complexity index is 582. The zero-order chi connectivity index (χ0) is 13.2. The lowest BCUT2D eigenvalue weighted by atomic mass is 9.95. The topological polar surface area (TPSA) is 41.0 Å². The summed E-state index contributed by atoms with van der Waals surface area (Å²) in [7, 11) is 1.88. The standard InChI is InChI=1S/C15H18N4/c1-11-7-12-5-3-4-6-13(12)9-19(11)15-8-14(16-2)17-10-18-15/h3-6,8,10-11H,7,9H2,1-2H3,(H,16,17,18)/t11-/m1/s1. The van der Waals surface area contributed by atoms with Gasteiger partial charge in [-0.15, -0.1) is 0 Å². The Hall–Kier alpha value is -2.10. The van der Waals surface area contributed by atoms with Crippen molar-refractivity contribution in [2.24, 2.45) is 0 Å². The lowest BCUT2D eigenvalue weighted by molar-refractivity contribution is 0.586. The molecule has 98 valence electrons. The second-order valence-electron chi connectivity index (χ2n) is 4.96. The minimum Gasteiger partial charge on any atom is -0.373 e. The number of anilines is 2. The number of rotatable bonds is 2. The molecule has 0 saturated carbocycles. The van der Waals surface area contributed by atoms with Gasteiger partial charge in [-0.1, -0.05) is 24.3 Å². The summed E-state index contributed by atoms with van der Waals surface area (Å²) in [5, 5.41) is 3.06. The Balaban J connectivity index is 1.93. The smallest absolute Gasteiger partial charge is 0.134 e. The predicted octanol–water partition coefficient (Wildman–Crippen LogP) is 2.47. The summed E-state index contributed by atoms with van der Waals surface area (Å²) in [6.07, 6.45) is 2.68. The summed E-state index contributed by atoms with van der Waals surface area (Å²) in [5.41, 5.74) is 2.85. The highest BCUT2D eigenvalue weighted by Gasteiger charge is 2.23. The van der Waals surface area contributed by atoms with Gasteiger partial charge in [-0.05, 0) is 24.5 Å². The Morgan fingerprint density at radius 1 is 1.21 bits per heavy atom. The minimum absolute atomic E-state index is 0.453. The first-order chi connectivity index (χ1) is 9.28. The normalized spacial score (nSPS) is 18.0. The molecule has 2 heterocycles. The van der Waals surface area contributed by atoms with E-state index in [0.29, 0.717) is 6.04 Å². The van der Waals surface area contributed by atoms with Crippen molar-refractivity contribution in [2.45, 2.75) is 25.9 Å². The molecule has 0 saturated heterocycles. The Labute approximate surface area is 113 Å². The van der Waals surface area contributed by atoms with E-state index in [0.717, 1.165) is 24.6 Å². The summed E-state index contributed by atoms with van der Waals surface area (Å²) in [5.74, 6) is 1.84. The van der Waals surface area contributed by atoms with Crippen molar-refractivity contribution in [1.29, 1.82) is 0 Å². The molecule has 0 radical (unpaired) electrons. The average Bonchev–Trinajstić information content (AvgIpc) is 2.46. The van der Waals surface area contributed by atoms with Crippen molar-refractivity contribution in [3.05, 3.63) is 47.8 Å². The Kier molecular flexibility index (Phi) is 3.07. The third-order valence-corrected chi connectivity index (χ3v) is 3.71. The first-order valence-electron chi connectivity index (χ1n) is 6.61. The van der Waals surface area contributed by atoms with Gasteiger partial charge in [0.05, 0.1) is 0 Å². The molecule has 0 fully saturated rings. The molecule has 0 aliphatic carbocycles. The van der Waals surface area contributed by atoms with Crippen LogP contribution in [0.4, 0.5) is 11.6 Å². The molecular formula is C15H18N4. The van der Waals surface area contributed by atoms with Gasteiger partial charge in [-0.3, -0.25) is 0 Å². The number of nitrogens with one attached hydrogen (secondary N) is 1. The van der Waals surface area contributed by atoms with Gasteiger partial charge in [-0.25, -0.2) is 9.97 Å². The van der Waals surface area contributed by atoms with E-state index >= 15 is 0 Å². The fourth-order valence-corrected chi connectivity index (χ4v) is 2.63. The first kappa shape index (κ1) is 12.0. The fourth-order valence-electron chi connectivity index (χ4n) is 2.63. The second-order valence-corrected chi connectivity index (χ2v) is 4.96. The molecule has 1 aromatic carbocycles. The van der Waals surface area contributed by atoms with Crippen LogP contribution in [0.25, 0.3) is 0 Å². The molecule has 0 amide bonds. The van der Waals surface area contributed by atoms with E-state index in [1.165, 1.54) is 11.1 Å². The van der Waals surface area contributed by atoms with Crippen LogP contribution in [0.2, 0.25) is 0 Å². The van der Waals surface area contributed by atoms with Gasteiger partial charge in [0.1, 0.15) is 18.0 Å². The number of hydrogen-bond donors (Lipinski definition) is 1. The average molecular weight is 254 g/mol. The largest absolute Gasteiger partial charge is 0.373 e. The van der Waals surface area contributed by atoms with Crippen molar-refractivity contribution >= 4 is 11.6 Å². The van der Waals surface area contributed by atoms with Crippen LogP contribution >= 0.6 is 0 Å². The molecule has 1 aliphatic heterocycles.